The summed E-state index contributed by atoms with van der Waals surface area (Å²) in [5.74, 6) is -0.385. The van der Waals surface area contributed by atoms with Crippen molar-refractivity contribution in [3.8, 4) is 0 Å². The topological polar surface area (TPSA) is 72.9 Å². The number of nitrogens with one attached hydrogen (secondary N) is 1. The standard InChI is InChI=1S/C10H12N4OS/c1-14-5-8(3-13-14)12-4-9-2-7(6-16-9)10(11)15/h2-3,5-6,12H,4H2,1H3,(H2,11,15). The zero-order valence-corrected chi connectivity index (χ0v) is 9.62. The number of nitrogens with two attached hydrogens (primary N) is 1. The maximum atomic E-state index is 10.9. The summed E-state index contributed by atoms with van der Waals surface area (Å²) in [5, 5.41) is 9.02. The monoisotopic (exact) mass is 236 g/mol. The van der Waals surface area contributed by atoms with Crippen LogP contribution in [0.25, 0.3) is 0 Å². The summed E-state index contributed by atoms with van der Waals surface area (Å²) < 4.78 is 1.73. The predicted octanol–water partition coefficient (Wildman–Crippen LogP) is 1.19. The average Bonchev–Trinajstić information content (AvgIpc) is 2.83. The van der Waals surface area contributed by atoms with E-state index in [0.29, 0.717) is 12.1 Å². The first kappa shape index (κ1) is 10.7. The molecule has 16 heavy (non-hydrogen) atoms. The van der Waals surface area contributed by atoms with Gasteiger partial charge < -0.3 is 11.1 Å². The number of amides is 1. The lowest BCUT2D eigenvalue weighted by Gasteiger charge is -1.99. The molecule has 1 amide bonds. The molecular formula is C10H12N4OS. The summed E-state index contributed by atoms with van der Waals surface area (Å²) in [5.41, 5.74) is 6.69. The lowest BCUT2D eigenvalue weighted by Crippen LogP contribution is -2.09. The fourth-order valence-corrected chi connectivity index (χ4v) is 2.12. The van der Waals surface area contributed by atoms with Crippen LogP contribution in [0.4, 0.5) is 5.69 Å². The van der Waals surface area contributed by atoms with E-state index >= 15 is 0 Å². The van der Waals surface area contributed by atoms with Gasteiger partial charge in [0.1, 0.15) is 0 Å². The predicted molar refractivity (Wildman–Crippen MR) is 63.4 cm³/mol. The molecule has 3 N–H and O–H groups in total. The summed E-state index contributed by atoms with van der Waals surface area (Å²) in [7, 11) is 1.86. The summed E-state index contributed by atoms with van der Waals surface area (Å²) in [6.07, 6.45) is 3.64. The second kappa shape index (κ2) is 4.36. The minimum Gasteiger partial charge on any atom is -0.378 e. The second-order valence-corrected chi connectivity index (χ2v) is 4.42. The number of aromatic nitrogens is 2. The molecule has 5 nitrogen and oxygen atoms in total. The van der Waals surface area contributed by atoms with E-state index in [1.807, 2.05) is 13.2 Å². The van der Waals surface area contributed by atoms with Crippen molar-refractivity contribution < 1.29 is 4.79 Å². The zero-order chi connectivity index (χ0) is 11.5. The quantitative estimate of drug-likeness (QED) is 0.837. The van der Waals surface area contributed by atoms with Gasteiger partial charge >= 0.3 is 0 Å². The van der Waals surface area contributed by atoms with Gasteiger partial charge in [-0.05, 0) is 6.07 Å². The lowest BCUT2D eigenvalue weighted by molar-refractivity contribution is 0.100. The highest BCUT2D eigenvalue weighted by molar-refractivity contribution is 7.10. The van der Waals surface area contributed by atoms with Crippen molar-refractivity contribution in [3.05, 3.63) is 34.3 Å². The van der Waals surface area contributed by atoms with E-state index in [-0.39, 0.29) is 5.91 Å². The highest BCUT2D eigenvalue weighted by atomic mass is 32.1. The number of hydrogen-bond donors (Lipinski definition) is 2. The van der Waals surface area contributed by atoms with Gasteiger partial charge in [-0.2, -0.15) is 5.10 Å². The molecule has 0 fully saturated rings. The van der Waals surface area contributed by atoms with Gasteiger partial charge in [0.2, 0.25) is 5.91 Å². The molecule has 0 aromatic carbocycles. The van der Waals surface area contributed by atoms with Crippen LogP contribution in [0, 0.1) is 0 Å². The molecular weight excluding hydrogens is 224 g/mol. The van der Waals surface area contributed by atoms with Crippen LogP contribution in [-0.2, 0) is 13.6 Å². The third-order valence-corrected chi connectivity index (χ3v) is 3.05. The van der Waals surface area contributed by atoms with Gasteiger partial charge in [-0.3, -0.25) is 9.48 Å². The van der Waals surface area contributed by atoms with E-state index in [1.54, 1.807) is 22.3 Å². The molecule has 0 unspecified atom stereocenters. The average molecular weight is 236 g/mol. The fraction of sp³-hybridized carbons (Fsp3) is 0.200. The van der Waals surface area contributed by atoms with E-state index in [0.717, 1.165) is 10.6 Å². The summed E-state index contributed by atoms with van der Waals surface area (Å²) in [4.78, 5) is 12.0. The molecule has 0 saturated carbocycles. The van der Waals surface area contributed by atoms with Crippen LogP contribution in [0.5, 0.6) is 0 Å². The summed E-state index contributed by atoms with van der Waals surface area (Å²) in [6, 6.07) is 1.80. The Kier molecular flexibility index (Phi) is 2.91. The largest absolute Gasteiger partial charge is 0.378 e. The van der Waals surface area contributed by atoms with Crippen LogP contribution in [0.3, 0.4) is 0 Å². The van der Waals surface area contributed by atoms with E-state index in [1.165, 1.54) is 11.3 Å². The zero-order valence-electron chi connectivity index (χ0n) is 8.80. The summed E-state index contributed by atoms with van der Waals surface area (Å²) in [6.45, 7) is 0.670. The summed E-state index contributed by atoms with van der Waals surface area (Å²) >= 11 is 1.51. The molecule has 0 bridgehead atoms. The molecule has 2 aromatic heterocycles. The number of hydrogen-bond acceptors (Lipinski definition) is 4. The molecule has 6 heteroatoms. The third-order valence-electron chi connectivity index (χ3n) is 2.11. The molecule has 2 heterocycles. The lowest BCUT2D eigenvalue weighted by atomic mass is 10.3. The Morgan fingerprint density at radius 1 is 1.69 bits per heavy atom. The van der Waals surface area contributed by atoms with Gasteiger partial charge in [-0.25, -0.2) is 0 Å². The molecule has 0 spiro atoms. The van der Waals surface area contributed by atoms with Crippen molar-refractivity contribution in [1.82, 2.24) is 9.78 Å². The van der Waals surface area contributed by atoms with Gasteiger partial charge in [0.15, 0.2) is 0 Å². The Labute approximate surface area is 96.9 Å². The maximum Gasteiger partial charge on any atom is 0.249 e. The number of carbonyl (C=O) groups excluding carboxylic acids is 1. The number of anilines is 1. The van der Waals surface area contributed by atoms with E-state index < -0.39 is 0 Å². The van der Waals surface area contributed by atoms with Crippen LogP contribution in [0.15, 0.2) is 23.8 Å². The van der Waals surface area contributed by atoms with E-state index in [2.05, 4.69) is 10.4 Å². The Bertz CT molecular complexity index is 502. The van der Waals surface area contributed by atoms with Crippen LogP contribution >= 0.6 is 11.3 Å². The van der Waals surface area contributed by atoms with Crippen molar-refractivity contribution in [2.45, 2.75) is 6.54 Å². The van der Waals surface area contributed by atoms with E-state index in [4.69, 9.17) is 5.73 Å². The van der Waals surface area contributed by atoms with Gasteiger partial charge in [0, 0.05) is 30.0 Å². The Morgan fingerprint density at radius 2 is 2.50 bits per heavy atom. The first-order valence-electron chi connectivity index (χ1n) is 4.75. The van der Waals surface area contributed by atoms with Crippen LogP contribution in [0.2, 0.25) is 0 Å². The molecule has 2 rings (SSSR count). The highest BCUT2D eigenvalue weighted by Crippen LogP contribution is 2.16. The Morgan fingerprint density at radius 3 is 3.06 bits per heavy atom. The Hall–Kier alpha value is -1.82. The first-order chi connectivity index (χ1) is 7.65. The van der Waals surface area contributed by atoms with Gasteiger partial charge in [-0.15, -0.1) is 11.3 Å². The number of rotatable bonds is 4. The van der Waals surface area contributed by atoms with E-state index in [9.17, 15) is 4.79 Å². The van der Waals surface area contributed by atoms with Crippen LogP contribution < -0.4 is 11.1 Å². The number of primary amides is 1. The van der Waals surface area contributed by atoms with Crippen molar-refractivity contribution in [2.24, 2.45) is 12.8 Å². The number of carbonyl (C=O) groups is 1. The van der Waals surface area contributed by atoms with Crippen molar-refractivity contribution in [3.63, 3.8) is 0 Å². The number of thiophene rings is 1. The minimum atomic E-state index is -0.385. The van der Waals surface area contributed by atoms with Crippen LogP contribution in [0.1, 0.15) is 15.2 Å². The van der Waals surface area contributed by atoms with Crippen molar-refractivity contribution >= 4 is 22.9 Å². The minimum absolute atomic E-state index is 0.385. The Balaban J connectivity index is 1.97. The second-order valence-electron chi connectivity index (χ2n) is 3.42. The van der Waals surface area contributed by atoms with Crippen LogP contribution in [-0.4, -0.2) is 15.7 Å². The molecule has 0 aliphatic heterocycles. The van der Waals surface area contributed by atoms with Gasteiger partial charge in [0.05, 0.1) is 17.4 Å². The molecule has 0 saturated heterocycles. The fourth-order valence-electron chi connectivity index (χ4n) is 1.30. The third kappa shape index (κ3) is 2.40. The maximum absolute atomic E-state index is 10.9. The molecule has 0 atom stereocenters. The molecule has 2 aromatic rings. The smallest absolute Gasteiger partial charge is 0.249 e. The molecule has 0 aliphatic carbocycles. The first-order valence-corrected chi connectivity index (χ1v) is 5.63. The van der Waals surface area contributed by atoms with Gasteiger partial charge in [0.25, 0.3) is 0 Å². The normalized spacial score (nSPS) is 10.3. The SMILES string of the molecule is Cn1cc(NCc2cc(C(N)=O)cs2)cn1. The van der Waals surface area contributed by atoms with Gasteiger partial charge in [-0.1, -0.05) is 0 Å². The molecule has 0 radical (unpaired) electrons. The molecule has 0 aliphatic rings. The molecule has 84 valence electrons. The van der Waals surface area contributed by atoms with Crippen molar-refractivity contribution in [2.75, 3.05) is 5.32 Å². The van der Waals surface area contributed by atoms with Crippen molar-refractivity contribution in [1.29, 1.82) is 0 Å². The number of aryl methyl sites for hydroxylation is 1. The number of nitrogens with zero attached hydrogens (tertiary/aromatic N) is 2. The highest BCUT2D eigenvalue weighted by Gasteiger charge is 2.04.